The largest absolute Gasteiger partial charge is 0.573 e. The molecule has 2 rings (SSSR count). The smallest absolute Gasteiger partial charge is 0.405 e. The Bertz CT molecular complexity index is 533. The van der Waals surface area contributed by atoms with Crippen LogP contribution in [-0.4, -0.2) is 22.8 Å². The number of benzene rings is 1. The number of ether oxygens (including phenoxy) is 1. The summed E-state index contributed by atoms with van der Waals surface area (Å²) in [4.78, 5) is 10.6. The Hall–Kier alpha value is -2.05. The molecule has 0 aliphatic rings. The van der Waals surface area contributed by atoms with Crippen LogP contribution in [0.1, 0.15) is 10.5 Å². The van der Waals surface area contributed by atoms with E-state index in [2.05, 4.69) is 14.9 Å². The van der Waals surface area contributed by atoms with E-state index in [1.807, 2.05) is 0 Å². The second-order valence-corrected chi connectivity index (χ2v) is 2.95. The quantitative estimate of drug-likeness (QED) is 0.805. The molecule has 0 radical (unpaired) electrons. The summed E-state index contributed by atoms with van der Waals surface area (Å²) in [5, 5.41) is 6.02. The van der Waals surface area contributed by atoms with E-state index >= 15 is 0 Å². The summed E-state index contributed by atoms with van der Waals surface area (Å²) in [6, 6.07) is 3.96. The number of aldehydes is 1. The van der Waals surface area contributed by atoms with E-state index in [-0.39, 0.29) is 16.6 Å². The van der Waals surface area contributed by atoms with Crippen molar-refractivity contribution in [2.24, 2.45) is 0 Å². The monoisotopic (exact) mass is 230 g/mol. The summed E-state index contributed by atoms with van der Waals surface area (Å²) < 4.78 is 40.0. The van der Waals surface area contributed by atoms with Gasteiger partial charge in [0.2, 0.25) is 0 Å². The molecule has 0 saturated heterocycles. The molecule has 0 spiro atoms. The van der Waals surface area contributed by atoms with E-state index in [9.17, 15) is 18.0 Å². The zero-order valence-electron chi connectivity index (χ0n) is 7.71. The van der Waals surface area contributed by atoms with Crippen molar-refractivity contribution in [1.82, 2.24) is 10.2 Å². The van der Waals surface area contributed by atoms with Crippen LogP contribution >= 0.6 is 0 Å². The van der Waals surface area contributed by atoms with Crippen molar-refractivity contribution in [3.63, 3.8) is 0 Å². The maximum absolute atomic E-state index is 12.1. The zero-order valence-corrected chi connectivity index (χ0v) is 7.71. The van der Waals surface area contributed by atoms with Gasteiger partial charge in [0, 0.05) is 0 Å². The van der Waals surface area contributed by atoms with Crippen molar-refractivity contribution in [2.45, 2.75) is 6.36 Å². The lowest BCUT2D eigenvalue weighted by molar-refractivity contribution is -0.274. The van der Waals surface area contributed by atoms with Gasteiger partial charge < -0.3 is 4.74 Å². The van der Waals surface area contributed by atoms with Gasteiger partial charge in [0.15, 0.2) is 6.29 Å². The Morgan fingerprint density at radius 3 is 2.75 bits per heavy atom. The molecular formula is C9H5F3N2O2. The molecule has 0 aliphatic heterocycles. The summed E-state index contributed by atoms with van der Waals surface area (Å²) in [6.07, 6.45) is -4.41. The molecule has 84 valence electrons. The van der Waals surface area contributed by atoms with Crippen LogP contribution in [0, 0.1) is 0 Å². The van der Waals surface area contributed by atoms with Gasteiger partial charge in [-0.25, -0.2) is 0 Å². The third-order valence-corrected chi connectivity index (χ3v) is 1.91. The minimum Gasteiger partial charge on any atom is -0.405 e. The molecule has 0 atom stereocenters. The topological polar surface area (TPSA) is 55.0 Å². The van der Waals surface area contributed by atoms with Crippen LogP contribution in [0.3, 0.4) is 0 Å². The van der Waals surface area contributed by atoms with Crippen LogP contribution in [0.4, 0.5) is 13.2 Å². The van der Waals surface area contributed by atoms with E-state index in [1.54, 1.807) is 0 Å². The third kappa shape index (κ3) is 1.83. The molecule has 0 fully saturated rings. The van der Waals surface area contributed by atoms with E-state index in [0.717, 1.165) is 6.07 Å². The van der Waals surface area contributed by atoms with Crippen molar-refractivity contribution in [3.8, 4) is 5.75 Å². The molecule has 0 saturated carbocycles. The van der Waals surface area contributed by atoms with Crippen molar-refractivity contribution in [1.29, 1.82) is 0 Å². The minimum absolute atomic E-state index is 0.0230. The number of aromatic nitrogens is 2. The summed E-state index contributed by atoms with van der Waals surface area (Å²) in [7, 11) is 0. The number of carbonyl (C=O) groups is 1. The molecule has 0 bridgehead atoms. The summed E-state index contributed by atoms with van der Waals surface area (Å²) in [6.45, 7) is 0. The Morgan fingerprint density at radius 2 is 2.12 bits per heavy atom. The van der Waals surface area contributed by atoms with Crippen LogP contribution in [0.25, 0.3) is 10.9 Å². The van der Waals surface area contributed by atoms with Gasteiger partial charge >= 0.3 is 6.36 Å². The minimum atomic E-state index is -4.80. The van der Waals surface area contributed by atoms with Crippen LogP contribution < -0.4 is 4.74 Å². The third-order valence-electron chi connectivity index (χ3n) is 1.91. The summed E-state index contributed by atoms with van der Waals surface area (Å²) >= 11 is 0. The summed E-state index contributed by atoms with van der Waals surface area (Å²) in [5.41, 5.74) is 0.193. The first kappa shape index (κ1) is 10.5. The highest BCUT2D eigenvalue weighted by atomic mass is 19.4. The van der Waals surface area contributed by atoms with Crippen molar-refractivity contribution in [2.75, 3.05) is 0 Å². The van der Waals surface area contributed by atoms with Crippen LogP contribution in [0.5, 0.6) is 5.75 Å². The fraction of sp³-hybridized carbons (Fsp3) is 0.111. The molecule has 0 amide bonds. The number of nitrogens with zero attached hydrogens (tertiary/aromatic N) is 1. The standard InChI is InChI=1S/C9H5F3N2O2/c10-9(11,12)16-7-3-1-2-5-8(7)6(4-15)14-13-5/h1-4H,(H,13,14). The number of aromatic amines is 1. The number of rotatable bonds is 2. The average molecular weight is 230 g/mol. The molecule has 1 aromatic heterocycles. The van der Waals surface area contributed by atoms with E-state index in [1.165, 1.54) is 12.1 Å². The van der Waals surface area contributed by atoms with Gasteiger partial charge in [0.1, 0.15) is 11.4 Å². The Balaban J connectivity index is 2.59. The molecule has 1 N–H and O–H groups in total. The number of hydrogen-bond donors (Lipinski definition) is 1. The lowest BCUT2D eigenvalue weighted by Gasteiger charge is -2.09. The number of hydrogen-bond acceptors (Lipinski definition) is 3. The Kier molecular flexibility index (Phi) is 2.30. The molecule has 7 heteroatoms. The molecule has 0 aliphatic carbocycles. The highest BCUT2D eigenvalue weighted by Crippen LogP contribution is 2.31. The number of fused-ring (bicyclic) bond motifs is 1. The van der Waals surface area contributed by atoms with E-state index in [0.29, 0.717) is 6.29 Å². The maximum Gasteiger partial charge on any atom is 0.573 e. The number of H-pyrrole nitrogens is 1. The first-order valence-corrected chi connectivity index (χ1v) is 4.19. The number of carbonyl (C=O) groups excluding carboxylic acids is 1. The second kappa shape index (κ2) is 3.51. The number of alkyl halides is 3. The Morgan fingerprint density at radius 1 is 1.38 bits per heavy atom. The lowest BCUT2D eigenvalue weighted by atomic mass is 10.2. The Labute approximate surface area is 87.0 Å². The second-order valence-electron chi connectivity index (χ2n) is 2.95. The molecule has 1 aromatic carbocycles. The zero-order chi connectivity index (χ0) is 11.8. The van der Waals surface area contributed by atoms with Crippen LogP contribution in [0.2, 0.25) is 0 Å². The highest BCUT2D eigenvalue weighted by molar-refractivity contribution is 5.98. The highest BCUT2D eigenvalue weighted by Gasteiger charge is 2.32. The molecule has 4 nitrogen and oxygen atoms in total. The van der Waals surface area contributed by atoms with Crippen molar-refractivity contribution >= 4 is 17.2 Å². The summed E-state index contributed by atoms with van der Waals surface area (Å²) in [5.74, 6) is -0.444. The van der Waals surface area contributed by atoms with Crippen LogP contribution in [-0.2, 0) is 0 Å². The van der Waals surface area contributed by atoms with Gasteiger partial charge in [-0.15, -0.1) is 13.2 Å². The van der Waals surface area contributed by atoms with Gasteiger partial charge in [-0.05, 0) is 12.1 Å². The molecular weight excluding hydrogens is 225 g/mol. The van der Waals surface area contributed by atoms with Gasteiger partial charge in [0.05, 0.1) is 10.9 Å². The van der Waals surface area contributed by atoms with Gasteiger partial charge in [0.25, 0.3) is 0 Å². The average Bonchev–Trinajstić information content (AvgIpc) is 2.59. The van der Waals surface area contributed by atoms with Gasteiger partial charge in [-0.3, -0.25) is 9.89 Å². The molecule has 16 heavy (non-hydrogen) atoms. The molecule has 1 heterocycles. The van der Waals surface area contributed by atoms with Gasteiger partial charge in [-0.1, -0.05) is 6.07 Å². The first-order chi connectivity index (χ1) is 7.51. The fourth-order valence-corrected chi connectivity index (χ4v) is 1.35. The van der Waals surface area contributed by atoms with Crippen molar-refractivity contribution < 1.29 is 22.7 Å². The van der Waals surface area contributed by atoms with E-state index in [4.69, 9.17) is 0 Å². The predicted molar refractivity (Wildman–Crippen MR) is 48.2 cm³/mol. The normalized spacial score (nSPS) is 11.7. The SMILES string of the molecule is O=Cc1[nH]nc2cccc(OC(F)(F)F)c12. The number of halogens is 3. The fourth-order valence-electron chi connectivity index (χ4n) is 1.35. The number of nitrogens with one attached hydrogen (secondary N) is 1. The molecule has 0 unspecified atom stereocenters. The predicted octanol–water partition coefficient (Wildman–Crippen LogP) is 2.27. The first-order valence-electron chi connectivity index (χ1n) is 4.19. The van der Waals surface area contributed by atoms with Gasteiger partial charge in [-0.2, -0.15) is 5.10 Å². The maximum atomic E-state index is 12.1. The van der Waals surface area contributed by atoms with Crippen LogP contribution in [0.15, 0.2) is 18.2 Å². The lowest BCUT2D eigenvalue weighted by Crippen LogP contribution is -2.17. The molecule has 2 aromatic rings. The van der Waals surface area contributed by atoms with E-state index < -0.39 is 12.1 Å². The van der Waals surface area contributed by atoms with Crippen molar-refractivity contribution in [3.05, 3.63) is 23.9 Å².